The molecule has 6 heteroatoms. The summed E-state index contributed by atoms with van der Waals surface area (Å²) in [7, 11) is 0. The summed E-state index contributed by atoms with van der Waals surface area (Å²) in [6.45, 7) is 6.47. The number of carbonyl (C=O) groups is 2. The summed E-state index contributed by atoms with van der Waals surface area (Å²) in [5.74, 6) is -0.518. The van der Waals surface area contributed by atoms with E-state index < -0.39 is 18.2 Å². The average molecular weight is 898 g/mol. The third kappa shape index (κ3) is 46.4. The number of nitrogens with one attached hydrogen (secondary N) is 1. The van der Waals surface area contributed by atoms with E-state index in [0.717, 1.165) is 77.0 Å². The molecule has 0 radical (unpaired) electrons. The highest BCUT2D eigenvalue weighted by Gasteiger charge is 2.24. The van der Waals surface area contributed by atoms with Crippen molar-refractivity contribution in [2.45, 2.75) is 302 Å². The smallest absolute Gasteiger partial charge is 0.306 e. The van der Waals surface area contributed by atoms with Gasteiger partial charge in [0.15, 0.2) is 0 Å². The number of amides is 1. The minimum Gasteiger partial charge on any atom is -0.462 e. The van der Waals surface area contributed by atoms with Gasteiger partial charge in [-0.05, 0) is 70.6 Å². The van der Waals surface area contributed by atoms with E-state index in [4.69, 9.17) is 4.74 Å². The maximum Gasteiger partial charge on any atom is 0.306 e. The van der Waals surface area contributed by atoms with Crippen LogP contribution >= 0.6 is 0 Å². The molecular formula is C58H107NO5. The molecule has 0 aliphatic rings. The summed E-state index contributed by atoms with van der Waals surface area (Å²) < 4.78 is 5.92. The lowest BCUT2D eigenvalue weighted by atomic mass is 10.0. The number of rotatable bonds is 50. The number of unbranched alkanes of at least 4 members (excludes halogenated alkanes) is 32. The summed E-state index contributed by atoms with van der Waals surface area (Å²) in [5.41, 5.74) is 0. The van der Waals surface area contributed by atoms with Crippen LogP contribution in [0.15, 0.2) is 48.6 Å². The zero-order chi connectivity index (χ0) is 46.7. The Bertz CT molecular complexity index is 1100. The first-order valence-corrected chi connectivity index (χ1v) is 27.9. The van der Waals surface area contributed by atoms with Crippen molar-refractivity contribution in [3.8, 4) is 0 Å². The lowest BCUT2D eigenvalue weighted by Gasteiger charge is -2.24. The number of esters is 1. The fourth-order valence-corrected chi connectivity index (χ4v) is 8.43. The summed E-state index contributed by atoms with van der Waals surface area (Å²) in [6.07, 6.45) is 63.2. The molecule has 0 fully saturated rings. The molecule has 64 heavy (non-hydrogen) atoms. The second-order valence-corrected chi connectivity index (χ2v) is 19.0. The number of hydrogen-bond donors (Lipinski definition) is 3. The Balaban J connectivity index is 4.57. The zero-order valence-corrected chi connectivity index (χ0v) is 42.7. The van der Waals surface area contributed by atoms with E-state index in [2.05, 4.69) is 74.7 Å². The number of aliphatic hydroxyl groups is 2. The summed E-state index contributed by atoms with van der Waals surface area (Å²) >= 11 is 0. The van der Waals surface area contributed by atoms with Gasteiger partial charge in [-0.25, -0.2) is 0 Å². The molecule has 0 saturated carbocycles. The molecule has 374 valence electrons. The van der Waals surface area contributed by atoms with Crippen molar-refractivity contribution in [2.24, 2.45) is 0 Å². The van der Waals surface area contributed by atoms with Crippen molar-refractivity contribution in [3.05, 3.63) is 48.6 Å². The van der Waals surface area contributed by atoms with Crippen LogP contribution in [0.2, 0.25) is 0 Å². The Morgan fingerprint density at radius 1 is 0.453 bits per heavy atom. The van der Waals surface area contributed by atoms with Crippen LogP contribution in [0.25, 0.3) is 0 Å². The van der Waals surface area contributed by atoms with Crippen LogP contribution in [0.4, 0.5) is 0 Å². The van der Waals surface area contributed by atoms with Crippen LogP contribution in [0.1, 0.15) is 284 Å². The van der Waals surface area contributed by atoms with Gasteiger partial charge in [0, 0.05) is 6.42 Å². The molecule has 3 N–H and O–H groups in total. The number of allylic oxidation sites excluding steroid dienone is 8. The van der Waals surface area contributed by atoms with Gasteiger partial charge in [-0.1, -0.05) is 249 Å². The maximum absolute atomic E-state index is 13.2. The highest BCUT2D eigenvalue weighted by atomic mass is 16.5. The van der Waals surface area contributed by atoms with Crippen LogP contribution < -0.4 is 5.32 Å². The molecule has 0 aliphatic heterocycles. The molecule has 3 atom stereocenters. The van der Waals surface area contributed by atoms with Crippen LogP contribution in [0.5, 0.6) is 0 Å². The topological polar surface area (TPSA) is 95.9 Å². The van der Waals surface area contributed by atoms with E-state index in [0.29, 0.717) is 19.3 Å². The van der Waals surface area contributed by atoms with Crippen molar-refractivity contribution in [1.82, 2.24) is 5.32 Å². The Hall–Kier alpha value is -2.18. The minimum absolute atomic E-state index is 0.0494. The Morgan fingerprint density at radius 3 is 1.27 bits per heavy atom. The van der Waals surface area contributed by atoms with Gasteiger partial charge in [0.05, 0.1) is 25.2 Å². The lowest BCUT2D eigenvalue weighted by molar-refractivity contribution is -0.151. The highest BCUT2D eigenvalue weighted by Crippen LogP contribution is 2.17. The quantitative estimate of drug-likeness (QED) is 0.0245. The van der Waals surface area contributed by atoms with E-state index in [9.17, 15) is 19.8 Å². The number of aliphatic hydroxyl groups excluding tert-OH is 2. The standard InChI is InChI=1S/C58H107NO5/c1-4-7-10-13-16-19-22-25-27-28-29-31-33-36-39-42-45-48-51-58(63)64-54(49-46-43-40-37-34-24-21-18-15-12-9-6-3)52-57(62)59-55(53-60)56(61)50-47-44-41-38-35-32-30-26-23-20-17-14-11-8-5-2/h22,25,27-29,31,37,40,54-56,60-61H,4-21,23-24,26,30,32-36,38-39,41-53H2,1-3H3,(H,59,62)/b25-22+,28-27+,31-29+,40-37-. The lowest BCUT2D eigenvalue weighted by Crippen LogP contribution is -2.46. The zero-order valence-electron chi connectivity index (χ0n) is 42.7. The van der Waals surface area contributed by atoms with Crippen molar-refractivity contribution < 1.29 is 24.5 Å². The van der Waals surface area contributed by atoms with Gasteiger partial charge in [0.25, 0.3) is 0 Å². The maximum atomic E-state index is 13.2. The minimum atomic E-state index is -0.798. The molecule has 0 aliphatic carbocycles. The molecule has 0 saturated heterocycles. The number of carbonyl (C=O) groups excluding carboxylic acids is 2. The molecule has 0 aromatic rings. The van der Waals surface area contributed by atoms with Crippen LogP contribution in [-0.2, 0) is 14.3 Å². The first kappa shape index (κ1) is 61.8. The molecule has 0 aromatic carbocycles. The molecular weight excluding hydrogens is 791 g/mol. The van der Waals surface area contributed by atoms with Gasteiger partial charge in [0.2, 0.25) is 5.91 Å². The van der Waals surface area contributed by atoms with Crippen LogP contribution in [0, 0.1) is 0 Å². The largest absolute Gasteiger partial charge is 0.462 e. The first-order chi connectivity index (χ1) is 31.5. The van der Waals surface area contributed by atoms with Gasteiger partial charge in [-0.2, -0.15) is 0 Å². The van der Waals surface area contributed by atoms with E-state index in [1.807, 2.05) is 0 Å². The van der Waals surface area contributed by atoms with Crippen molar-refractivity contribution in [2.75, 3.05) is 6.61 Å². The monoisotopic (exact) mass is 898 g/mol. The molecule has 0 rings (SSSR count). The van der Waals surface area contributed by atoms with Crippen molar-refractivity contribution >= 4 is 11.9 Å². The Morgan fingerprint density at radius 2 is 0.828 bits per heavy atom. The van der Waals surface area contributed by atoms with Crippen molar-refractivity contribution in [3.63, 3.8) is 0 Å². The van der Waals surface area contributed by atoms with Gasteiger partial charge in [-0.15, -0.1) is 0 Å². The highest BCUT2D eigenvalue weighted by molar-refractivity contribution is 5.77. The molecule has 0 aromatic heterocycles. The van der Waals surface area contributed by atoms with Gasteiger partial charge in [-0.3, -0.25) is 9.59 Å². The van der Waals surface area contributed by atoms with E-state index in [1.54, 1.807) is 0 Å². The molecule has 6 nitrogen and oxygen atoms in total. The number of hydrogen-bond acceptors (Lipinski definition) is 5. The molecule has 0 heterocycles. The first-order valence-electron chi connectivity index (χ1n) is 27.9. The third-order valence-electron chi connectivity index (χ3n) is 12.7. The second kappa shape index (κ2) is 51.8. The van der Waals surface area contributed by atoms with E-state index in [-0.39, 0.29) is 24.9 Å². The van der Waals surface area contributed by atoms with Gasteiger partial charge >= 0.3 is 5.97 Å². The van der Waals surface area contributed by atoms with Gasteiger partial charge in [0.1, 0.15) is 6.10 Å². The molecule has 3 unspecified atom stereocenters. The number of ether oxygens (including phenoxy) is 1. The Kier molecular flexibility index (Phi) is 50.0. The van der Waals surface area contributed by atoms with Crippen LogP contribution in [-0.4, -0.2) is 46.9 Å². The average Bonchev–Trinajstić information content (AvgIpc) is 3.29. The summed E-state index contributed by atoms with van der Waals surface area (Å²) in [5, 5.41) is 23.8. The van der Waals surface area contributed by atoms with Gasteiger partial charge < -0.3 is 20.3 Å². The normalized spacial score (nSPS) is 13.5. The predicted molar refractivity (Wildman–Crippen MR) is 278 cm³/mol. The second-order valence-electron chi connectivity index (χ2n) is 19.0. The van der Waals surface area contributed by atoms with E-state index in [1.165, 1.54) is 161 Å². The third-order valence-corrected chi connectivity index (χ3v) is 12.7. The molecule has 0 spiro atoms. The fraction of sp³-hybridized carbons (Fsp3) is 0.828. The summed E-state index contributed by atoms with van der Waals surface area (Å²) in [4.78, 5) is 26.2. The van der Waals surface area contributed by atoms with Crippen LogP contribution in [0.3, 0.4) is 0 Å². The summed E-state index contributed by atoms with van der Waals surface area (Å²) in [6, 6.07) is -0.714. The Labute approximate surface area is 397 Å². The molecule has 1 amide bonds. The fourth-order valence-electron chi connectivity index (χ4n) is 8.43. The molecule has 0 bridgehead atoms. The van der Waals surface area contributed by atoms with Crippen molar-refractivity contribution in [1.29, 1.82) is 0 Å². The van der Waals surface area contributed by atoms with E-state index >= 15 is 0 Å². The predicted octanol–water partition coefficient (Wildman–Crippen LogP) is 17.0. The SMILES string of the molecule is CCCCCCC/C=C/C=C/C=C/CCCCCCCC(=O)OC(CCC/C=C\CCCCCCCCC)CC(=O)NC(CO)C(O)CCCCCCCCCCCCCCCCC.